The van der Waals surface area contributed by atoms with Gasteiger partial charge in [0.15, 0.2) is 0 Å². The standard InChI is InChI=1S/C18H14BrFN4O3/c1-23-16-13(17(26)24(2)18(23)27)8-12(9-21-16)22-15(25)6-3-10-7-11(19)4-5-14(10)20/h3-9H,1-2H3,(H,22,25)/b6-3+. The lowest BCUT2D eigenvalue weighted by atomic mass is 10.2. The molecular weight excluding hydrogens is 419 g/mol. The summed E-state index contributed by atoms with van der Waals surface area (Å²) < 4.78 is 16.6. The van der Waals surface area contributed by atoms with E-state index in [0.29, 0.717) is 4.47 Å². The van der Waals surface area contributed by atoms with Crippen LogP contribution >= 0.6 is 15.9 Å². The van der Waals surface area contributed by atoms with Gasteiger partial charge in [-0.05, 0) is 30.3 Å². The van der Waals surface area contributed by atoms with Gasteiger partial charge >= 0.3 is 5.69 Å². The minimum Gasteiger partial charge on any atom is -0.321 e. The fourth-order valence-corrected chi connectivity index (χ4v) is 2.90. The van der Waals surface area contributed by atoms with Crippen LogP contribution in [0.1, 0.15) is 5.56 Å². The molecule has 2 aromatic heterocycles. The van der Waals surface area contributed by atoms with Crippen LogP contribution in [0.3, 0.4) is 0 Å². The summed E-state index contributed by atoms with van der Waals surface area (Å²) in [5.41, 5.74) is -0.255. The van der Waals surface area contributed by atoms with Gasteiger partial charge in [0.2, 0.25) is 5.91 Å². The number of hydrogen-bond acceptors (Lipinski definition) is 4. The zero-order valence-electron chi connectivity index (χ0n) is 14.4. The molecule has 9 heteroatoms. The Morgan fingerprint density at radius 3 is 2.70 bits per heavy atom. The predicted octanol–water partition coefficient (Wildman–Crippen LogP) is 2.19. The molecule has 0 unspecified atom stereocenters. The molecule has 3 rings (SSSR count). The monoisotopic (exact) mass is 432 g/mol. The van der Waals surface area contributed by atoms with Crippen LogP contribution in [-0.2, 0) is 18.9 Å². The molecule has 0 aliphatic heterocycles. The van der Waals surface area contributed by atoms with Gasteiger partial charge in [-0.3, -0.25) is 18.7 Å². The first-order valence-corrected chi connectivity index (χ1v) is 8.57. The summed E-state index contributed by atoms with van der Waals surface area (Å²) in [6.07, 6.45) is 3.85. The summed E-state index contributed by atoms with van der Waals surface area (Å²) in [5, 5.41) is 2.76. The Morgan fingerprint density at radius 1 is 1.22 bits per heavy atom. The quantitative estimate of drug-likeness (QED) is 0.642. The topological polar surface area (TPSA) is 86.0 Å². The minimum absolute atomic E-state index is 0.194. The van der Waals surface area contributed by atoms with Gasteiger partial charge in [-0.25, -0.2) is 14.2 Å². The fourth-order valence-electron chi connectivity index (χ4n) is 2.53. The molecule has 138 valence electrons. The van der Waals surface area contributed by atoms with E-state index in [-0.39, 0.29) is 22.3 Å². The average Bonchev–Trinajstić information content (AvgIpc) is 2.65. The number of benzene rings is 1. The number of nitrogens with zero attached hydrogens (tertiary/aromatic N) is 3. The van der Waals surface area contributed by atoms with Crippen molar-refractivity contribution in [3.63, 3.8) is 0 Å². The van der Waals surface area contributed by atoms with Crippen LogP contribution in [0.2, 0.25) is 0 Å². The maximum Gasteiger partial charge on any atom is 0.332 e. The Hall–Kier alpha value is -3.07. The van der Waals surface area contributed by atoms with E-state index in [2.05, 4.69) is 26.2 Å². The van der Waals surface area contributed by atoms with Crippen LogP contribution in [0.5, 0.6) is 0 Å². The van der Waals surface area contributed by atoms with Crippen molar-refractivity contribution >= 4 is 44.6 Å². The molecule has 0 aliphatic rings. The summed E-state index contributed by atoms with van der Waals surface area (Å²) in [6, 6.07) is 5.83. The van der Waals surface area contributed by atoms with Crippen molar-refractivity contribution in [2.45, 2.75) is 0 Å². The number of fused-ring (bicyclic) bond motifs is 1. The molecule has 27 heavy (non-hydrogen) atoms. The van der Waals surface area contributed by atoms with Crippen LogP contribution in [0.25, 0.3) is 17.1 Å². The summed E-state index contributed by atoms with van der Waals surface area (Å²) in [6.45, 7) is 0. The van der Waals surface area contributed by atoms with Crippen LogP contribution < -0.4 is 16.6 Å². The summed E-state index contributed by atoms with van der Waals surface area (Å²) >= 11 is 3.24. The molecular formula is C18H14BrFN4O3. The predicted molar refractivity (Wildman–Crippen MR) is 104 cm³/mol. The highest BCUT2D eigenvalue weighted by molar-refractivity contribution is 9.10. The summed E-state index contributed by atoms with van der Waals surface area (Å²) in [4.78, 5) is 40.3. The molecule has 0 spiro atoms. The van der Waals surface area contributed by atoms with Crippen LogP contribution in [-0.4, -0.2) is 20.0 Å². The third kappa shape index (κ3) is 3.72. The SMILES string of the molecule is Cn1c(=O)c2cc(NC(=O)/C=C/c3cc(Br)ccc3F)cnc2n(C)c1=O. The number of pyridine rings is 1. The van der Waals surface area contributed by atoms with E-state index < -0.39 is 23.0 Å². The number of rotatable bonds is 3. The van der Waals surface area contributed by atoms with Crippen molar-refractivity contribution in [1.82, 2.24) is 14.1 Å². The van der Waals surface area contributed by atoms with Gasteiger partial charge in [0.25, 0.3) is 5.56 Å². The van der Waals surface area contributed by atoms with Crippen molar-refractivity contribution in [1.29, 1.82) is 0 Å². The number of anilines is 1. The molecule has 7 nitrogen and oxygen atoms in total. The Morgan fingerprint density at radius 2 is 1.96 bits per heavy atom. The van der Waals surface area contributed by atoms with Gasteiger partial charge < -0.3 is 5.32 Å². The number of carbonyl (C=O) groups excluding carboxylic acids is 1. The van der Waals surface area contributed by atoms with Crippen molar-refractivity contribution < 1.29 is 9.18 Å². The summed E-state index contributed by atoms with van der Waals surface area (Å²) in [5.74, 6) is -0.976. The number of carbonyl (C=O) groups is 1. The largest absolute Gasteiger partial charge is 0.332 e. The van der Waals surface area contributed by atoms with E-state index in [1.807, 2.05) is 0 Å². The van der Waals surface area contributed by atoms with E-state index in [1.54, 1.807) is 12.1 Å². The molecule has 3 aromatic rings. The van der Waals surface area contributed by atoms with Gasteiger partial charge in [0.05, 0.1) is 17.3 Å². The second-order valence-electron chi connectivity index (χ2n) is 5.79. The zero-order chi connectivity index (χ0) is 19.7. The third-order valence-electron chi connectivity index (χ3n) is 3.93. The number of halogens is 2. The van der Waals surface area contributed by atoms with E-state index in [1.165, 1.54) is 49.1 Å². The first-order valence-electron chi connectivity index (χ1n) is 7.78. The molecule has 0 aliphatic carbocycles. The first kappa shape index (κ1) is 18.7. The van der Waals surface area contributed by atoms with Gasteiger partial charge in [0, 0.05) is 30.2 Å². The maximum atomic E-state index is 13.7. The number of nitrogens with one attached hydrogen (secondary N) is 1. The van der Waals surface area contributed by atoms with Gasteiger partial charge in [0.1, 0.15) is 11.5 Å². The minimum atomic E-state index is -0.517. The molecule has 1 aromatic carbocycles. The molecule has 2 heterocycles. The van der Waals surface area contributed by atoms with Crippen molar-refractivity contribution in [2.75, 3.05) is 5.32 Å². The molecule has 0 radical (unpaired) electrons. The highest BCUT2D eigenvalue weighted by Gasteiger charge is 2.11. The highest BCUT2D eigenvalue weighted by Crippen LogP contribution is 2.17. The average molecular weight is 433 g/mol. The highest BCUT2D eigenvalue weighted by atomic mass is 79.9. The normalized spacial score (nSPS) is 11.3. The second-order valence-corrected chi connectivity index (χ2v) is 6.71. The Labute approximate surface area is 160 Å². The van der Waals surface area contributed by atoms with Crippen LogP contribution in [0.15, 0.2) is 50.6 Å². The Balaban J connectivity index is 1.89. The maximum absolute atomic E-state index is 13.7. The van der Waals surface area contributed by atoms with Crippen molar-refractivity contribution in [3.8, 4) is 0 Å². The fraction of sp³-hybridized carbons (Fsp3) is 0.111. The molecule has 1 amide bonds. The second kappa shape index (κ2) is 7.28. The molecule has 0 fully saturated rings. The van der Waals surface area contributed by atoms with Crippen LogP contribution in [0.4, 0.5) is 10.1 Å². The van der Waals surface area contributed by atoms with E-state index in [9.17, 15) is 18.8 Å². The smallest absolute Gasteiger partial charge is 0.321 e. The Bertz CT molecular complexity index is 1210. The van der Waals surface area contributed by atoms with Crippen LogP contribution in [0, 0.1) is 5.82 Å². The lowest BCUT2D eigenvalue weighted by Gasteiger charge is -2.08. The molecule has 0 saturated carbocycles. The van der Waals surface area contributed by atoms with E-state index >= 15 is 0 Å². The lowest BCUT2D eigenvalue weighted by molar-refractivity contribution is -0.111. The zero-order valence-corrected chi connectivity index (χ0v) is 15.9. The number of amides is 1. The molecule has 0 bridgehead atoms. The first-order chi connectivity index (χ1) is 12.8. The molecule has 0 atom stereocenters. The lowest BCUT2D eigenvalue weighted by Crippen LogP contribution is -2.37. The van der Waals surface area contributed by atoms with Crippen molar-refractivity contribution in [2.24, 2.45) is 14.1 Å². The summed E-state index contributed by atoms with van der Waals surface area (Å²) in [7, 11) is 2.87. The number of aryl methyl sites for hydroxylation is 1. The van der Waals surface area contributed by atoms with E-state index in [4.69, 9.17) is 0 Å². The number of aromatic nitrogens is 3. The molecule has 0 saturated heterocycles. The van der Waals surface area contributed by atoms with Gasteiger partial charge in [-0.1, -0.05) is 15.9 Å². The Kier molecular flexibility index (Phi) is 5.04. The van der Waals surface area contributed by atoms with E-state index in [0.717, 1.165) is 4.57 Å². The van der Waals surface area contributed by atoms with Gasteiger partial charge in [-0.15, -0.1) is 0 Å². The third-order valence-corrected chi connectivity index (χ3v) is 4.43. The van der Waals surface area contributed by atoms with Gasteiger partial charge in [-0.2, -0.15) is 0 Å². The number of hydrogen-bond donors (Lipinski definition) is 1. The van der Waals surface area contributed by atoms with Crippen molar-refractivity contribution in [3.05, 3.63) is 73.2 Å². The molecule has 1 N–H and O–H groups in total.